The van der Waals surface area contributed by atoms with Crippen LogP contribution in [0.1, 0.15) is 11.1 Å². The molecule has 4 rings (SSSR count). The van der Waals surface area contributed by atoms with Crippen LogP contribution in [-0.4, -0.2) is 60.2 Å². The topological polar surface area (TPSA) is 117 Å². The van der Waals surface area contributed by atoms with Crippen molar-refractivity contribution < 1.29 is 9.53 Å². The molecule has 32 heavy (non-hydrogen) atoms. The van der Waals surface area contributed by atoms with Gasteiger partial charge in [0, 0.05) is 49.0 Å². The number of ether oxygens (including phenoxy) is 1. The third kappa shape index (κ3) is 5.09. The van der Waals surface area contributed by atoms with Gasteiger partial charge in [-0.2, -0.15) is 0 Å². The number of hydrogen-bond donors (Lipinski definition) is 4. The van der Waals surface area contributed by atoms with Gasteiger partial charge >= 0.3 is 0 Å². The summed E-state index contributed by atoms with van der Waals surface area (Å²) in [5.41, 5.74) is 7.30. The lowest BCUT2D eigenvalue weighted by molar-refractivity contribution is -0.113. The molecule has 0 spiro atoms. The minimum absolute atomic E-state index is 0.398. The molecular weight excluding hydrogens is 450 g/mol. The summed E-state index contributed by atoms with van der Waals surface area (Å²) in [6, 6.07) is 7.50. The maximum absolute atomic E-state index is 11.8. The van der Waals surface area contributed by atoms with E-state index in [1.165, 1.54) is 18.1 Å². The van der Waals surface area contributed by atoms with Crippen molar-refractivity contribution in [3.05, 3.63) is 57.8 Å². The smallest absolute Gasteiger partial charge is 0.256 e. The summed E-state index contributed by atoms with van der Waals surface area (Å²) < 4.78 is 5.39. The first-order valence-corrected chi connectivity index (χ1v) is 11.5. The Morgan fingerprint density at radius 1 is 1.34 bits per heavy atom. The Morgan fingerprint density at radius 2 is 2.12 bits per heavy atom. The number of halogens is 1. The molecule has 11 heteroatoms. The van der Waals surface area contributed by atoms with Crippen molar-refractivity contribution in [2.45, 2.75) is 11.9 Å². The van der Waals surface area contributed by atoms with Crippen molar-refractivity contribution in [2.75, 3.05) is 50.0 Å². The molecule has 0 bridgehead atoms. The molecule has 1 amide bonds. The molecule has 5 N–H and O–H groups in total. The second kappa shape index (κ2) is 9.95. The zero-order valence-electron chi connectivity index (χ0n) is 17.7. The number of benzene rings is 1. The van der Waals surface area contributed by atoms with Gasteiger partial charge in [0.1, 0.15) is 18.0 Å². The quantitative estimate of drug-likeness (QED) is 0.455. The summed E-state index contributed by atoms with van der Waals surface area (Å²) in [4.78, 5) is 22.3. The van der Waals surface area contributed by atoms with Crippen molar-refractivity contribution in [1.29, 1.82) is 0 Å². The molecule has 0 aliphatic carbocycles. The number of aryl methyl sites for hydroxylation is 1. The van der Waals surface area contributed by atoms with Gasteiger partial charge in [0.05, 0.1) is 18.1 Å². The zero-order chi connectivity index (χ0) is 22.6. The van der Waals surface area contributed by atoms with Crippen molar-refractivity contribution >= 4 is 40.9 Å². The van der Waals surface area contributed by atoms with E-state index < -0.39 is 10.9 Å². The third-order valence-electron chi connectivity index (χ3n) is 5.30. The Labute approximate surface area is 196 Å². The minimum atomic E-state index is -0.938. The zero-order valence-corrected chi connectivity index (χ0v) is 19.3. The van der Waals surface area contributed by atoms with E-state index in [1.807, 2.05) is 31.2 Å². The number of morpholine rings is 1. The molecular formula is C21H26ClN7O2S. The molecule has 1 fully saturated rings. The highest BCUT2D eigenvalue weighted by molar-refractivity contribution is 8.05. The number of carbonyl (C=O) groups excluding carboxylic acids is 1. The van der Waals surface area contributed by atoms with Crippen molar-refractivity contribution in [3.8, 4) is 0 Å². The van der Waals surface area contributed by atoms with Crippen LogP contribution in [0.3, 0.4) is 0 Å². The molecule has 1 aromatic heterocycles. The second-order valence-corrected chi connectivity index (χ2v) is 9.19. The summed E-state index contributed by atoms with van der Waals surface area (Å²) in [5, 5.41) is 10.6. The van der Waals surface area contributed by atoms with Crippen LogP contribution in [0.2, 0.25) is 5.02 Å². The van der Waals surface area contributed by atoms with Gasteiger partial charge < -0.3 is 26.4 Å². The summed E-state index contributed by atoms with van der Waals surface area (Å²) in [7, 11) is 0. The SMILES string of the molecule is Cc1cccc(Cl)c1C1(Nc2cc(NCCN3CCOCC3)ncn2)NC=C(C(N)=O)S1. The molecule has 170 valence electrons. The van der Waals surface area contributed by atoms with Crippen LogP contribution in [0.15, 0.2) is 41.7 Å². The maximum atomic E-state index is 11.8. The number of primary amides is 1. The lowest BCUT2D eigenvalue weighted by atomic mass is 10.1. The number of aromatic nitrogens is 2. The van der Waals surface area contributed by atoms with Crippen LogP contribution in [0.25, 0.3) is 0 Å². The Balaban J connectivity index is 1.52. The number of carbonyl (C=O) groups is 1. The largest absolute Gasteiger partial charge is 0.379 e. The van der Waals surface area contributed by atoms with Gasteiger partial charge in [0.15, 0.2) is 4.99 Å². The maximum Gasteiger partial charge on any atom is 0.256 e. The molecule has 0 radical (unpaired) electrons. The number of thioether (sulfide) groups is 1. The minimum Gasteiger partial charge on any atom is -0.379 e. The molecule has 2 aromatic rings. The monoisotopic (exact) mass is 475 g/mol. The molecule has 2 aliphatic rings. The average Bonchev–Trinajstić information content (AvgIpc) is 3.19. The standard InChI is InChI=1S/C21H26ClN7O2S/c1-14-3-2-4-15(22)19(14)21(27-12-16(32-21)20(23)30)28-18-11-17(25-13-26-18)24-5-6-29-7-9-31-10-8-29/h2-4,11-13,27H,5-10H2,1H3,(H2,23,30)(H2,24,25,26,28). The third-order valence-corrected chi connectivity index (χ3v) is 6.88. The van der Waals surface area contributed by atoms with Crippen LogP contribution in [0.5, 0.6) is 0 Å². The summed E-state index contributed by atoms with van der Waals surface area (Å²) in [6.07, 6.45) is 3.10. The van der Waals surface area contributed by atoms with Crippen LogP contribution in [0.4, 0.5) is 11.6 Å². The second-order valence-electron chi connectivity index (χ2n) is 7.53. The predicted octanol–water partition coefficient (Wildman–Crippen LogP) is 2.07. The Morgan fingerprint density at radius 3 is 2.84 bits per heavy atom. The van der Waals surface area contributed by atoms with E-state index in [0.717, 1.165) is 50.5 Å². The summed E-state index contributed by atoms with van der Waals surface area (Å²) in [5.74, 6) is 0.768. The van der Waals surface area contributed by atoms with Gasteiger partial charge in [-0.05, 0) is 18.6 Å². The van der Waals surface area contributed by atoms with Gasteiger partial charge in [-0.15, -0.1) is 0 Å². The number of nitrogens with zero attached hydrogens (tertiary/aromatic N) is 3. The van der Waals surface area contributed by atoms with E-state index in [1.54, 1.807) is 6.20 Å². The number of nitrogens with one attached hydrogen (secondary N) is 3. The van der Waals surface area contributed by atoms with Crippen LogP contribution < -0.4 is 21.7 Å². The van der Waals surface area contributed by atoms with Crippen molar-refractivity contribution in [3.63, 3.8) is 0 Å². The number of anilines is 2. The van der Waals surface area contributed by atoms with E-state index in [2.05, 4.69) is 30.8 Å². The van der Waals surface area contributed by atoms with E-state index in [9.17, 15) is 4.79 Å². The summed E-state index contributed by atoms with van der Waals surface area (Å²) in [6.45, 7) is 7.06. The van der Waals surface area contributed by atoms with Gasteiger partial charge in [-0.1, -0.05) is 35.5 Å². The molecule has 0 saturated carbocycles. The molecule has 1 atom stereocenters. The molecule has 1 unspecified atom stereocenters. The van der Waals surface area contributed by atoms with Crippen molar-refractivity contribution in [2.24, 2.45) is 5.73 Å². The van der Waals surface area contributed by atoms with Gasteiger partial charge in [-0.25, -0.2) is 9.97 Å². The number of amides is 1. The molecule has 1 saturated heterocycles. The van der Waals surface area contributed by atoms with Gasteiger partial charge in [-0.3, -0.25) is 9.69 Å². The van der Waals surface area contributed by atoms with E-state index >= 15 is 0 Å². The number of nitrogens with two attached hydrogens (primary N) is 1. The highest BCUT2D eigenvalue weighted by Crippen LogP contribution is 2.46. The van der Waals surface area contributed by atoms with Crippen LogP contribution in [0, 0.1) is 6.92 Å². The van der Waals surface area contributed by atoms with Gasteiger partial charge in [0.2, 0.25) is 0 Å². The normalized spacial score (nSPS) is 21.0. The molecule has 3 heterocycles. The van der Waals surface area contributed by atoms with Crippen LogP contribution >= 0.6 is 23.4 Å². The molecule has 1 aromatic carbocycles. The van der Waals surface area contributed by atoms with Crippen LogP contribution in [-0.2, 0) is 14.5 Å². The Hall–Kier alpha value is -2.53. The predicted molar refractivity (Wildman–Crippen MR) is 127 cm³/mol. The average molecular weight is 476 g/mol. The first-order valence-electron chi connectivity index (χ1n) is 10.3. The molecule has 2 aliphatic heterocycles. The fraction of sp³-hybridized carbons (Fsp3) is 0.381. The highest BCUT2D eigenvalue weighted by atomic mass is 35.5. The van der Waals surface area contributed by atoms with Gasteiger partial charge in [0.25, 0.3) is 5.91 Å². The Kier molecular flexibility index (Phi) is 7.04. The van der Waals surface area contributed by atoms with E-state index in [-0.39, 0.29) is 0 Å². The van der Waals surface area contributed by atoms with Crippen molar-refractivity contribution in [1.82, 2.24) is 20.2 Å². The lowest BCUT2D eigenvalue weighted by Crippen LogP contribution is -2.42. The Bertz CT molecular complexity index is 995. The summed E-state index contributed by atoms with van der Waals surface area (Å²) >= 11 is 7.84. The number of hydrogen-bond acceptors (Lipinski definition) is 9. The van der Waals surface area contributed by atoms with E-state index in [4.69, 9.17) is 22.1 Å². The number of rotatable bonds is 8. The molecule has 9 nitrogen and oxygen atoms in total. The lowest BCUT2D eigenvalue weighted by Gasteiger charge is -2.33. The fourth-order valence-electron chi connectivity index (χ4n) is 3.71. The van der Waals surface area contributed by atoms with E-state index in [0.29, 0.717) is 21.6 Å². The first kappa shape index (κ1) is 22.7. The first-order chi connectivity index (χ1) is 15.5. The highest BCUT2D eigenvalue weighted by Gasteiger charge is 2.42. The fourth-order valence-corrected chi connectivity index (χ4v) is 5.32.